The summed E-state index contributed by atoms with van der Waals surface area (Å²) < 4.78 is 0. The van der Waals surface area contributed by atoms with Crippen molar-refractivity contribution in [2.75, 3.05) is 0 Å². The molecule has 0 amide bonds. The zero-order chi connectivity index (χ0) is 15.3. The fourth-order valence-electron chi connectivity index (χ4n) is 4.50. The van der Waals surface area contributed by atoms with Gasteiger partial charge in [0.1, 0.15) is 17.4 Å². The number of Topliss-reactive ketones (excluding diaryl/α,β-unsaturated/α-hetero) is 2. The smallest absolute Gasteiger partial charge is 0.153 e. The summed E-state index contributed by atoms with van der Waals surface area (Å²) in [5.41, 5.74) is 2.36. The Bertz CT molecular complexity index is 628. The van der Waals surface area contributed by atoms with Crippen LogP contribution < -0.4 is 0 Å². The quantitative estimate of drug-likeness (QED) is 0.810. The molecule has 1 heterocycles. The van der Waals surface area contributed by atoms with E-state index < -0.39 is 5.92 Å². The third-order valence-electron chi connectivity index (χ3n) is 5.65. The average Bonchev–Trinajstić information content (AvgIpc) is 2.79. The Kier molecular flexibility index (Phi) is 3.28. The molecule has 1 aromatic heterocycles. The van der Waals surface area contributed by atoms with Crippen LogP contribution in [0.3, 0.4) is 0 Å². The van der Waals surface area contributed by atoms with Crippen molar-refractivity contribution >= 4 is 11.6 Å². The van der Waals surface area contributed by atoms with Gasteiger partial charge in [-0.25, -0.2) is 0 Å². The molecule has 2 unspecified atom stereocenters. The minimum Gasteiger partial charge on any atom is -0.506 e. The van der Waals surface area contributed by atoms with Crippen LogP contribution in [0.25, 0.3) is 0 Å². The number of hydrogen-bond acceptors (Lipinski definition) is 4. The molecule has 22 heavy (non-hydrogen) atoms. The van der Waals surface area contributed by atoms with E-state index in [0.717, 1.165) is 62.6 Å². The monoisotopic (exact) mass is 299 g/mol. The van der Waals surface area contributed by atoms with E-state index in [9.17, 15) is 14.7 Å². The third-order valence-corrected chi connectivity index (χ3v) is 5.65. The van der Waals surface area contributed by atoms with Gasteiger partial charge in [0.2, 0.25) is 0 Å². The van der Waals surface area contributed by atoms with Crippen LogP contribution in [0.15, 0.2) is 6.07 Å². The zero-order valence-corrected chi connectivity index (χ0v) is 12.7. The minimum atomic E-state index is -0.819. The number of aromatic nitrogens is 1. The molecule has 116 valence electrons. The molecule has 0 saturated heterocycles. The van der Waals surface area contributed by atoms with E-state index in [-0.39, 0.29) is 29.2 Å². The maximum absolute atomic E-state index is 12.7. The van der Waals surface area contributed by atoms with E-state index in [1.807, 2.05) is 0 Å². The normalized spacial score (nSPS) is 31.0. The molecule has 0 radical (unpaired) electrons. The third kappa shape index (κ3) is 2.00. The minimum absolute atomic E-state index is 0.00624. The lowest BCUT2D eigenvalue weighted by atomic mass is 9.81. The van der Waals surface area contributed by atoms with E-state index in [0.29, 0.717) is 5.69 Å². The van der Waals surface area contributed by atoms with E-state index >= 15 is 0 Å². The Hall–Kier alpha value is -1.71. The molecule has 0 aliphatic heterocycles. The number of carbonyl (C=O) groups excluding carboxylic acids is 2. The molecular formula is C18H21NO3. The fourth-order valence-corrected chi connectivity index (χ4v) is 4.50. The number of aromatic hydroxyl groups is 1. The first-order chi connectivity index (χ1) is 10.7. The summed E-state index contributed by atoms with van der Waals surface area (Å²) >= 11 is 0. The fraction of sp³-hybridized carbons (Fsp3) is 0.611. The lowest BCUT2D eigenvalue weighted by molar-refractivity contribution is -0.125. The highest BCUT2D eigenvalue weighted by Crippen LogP contribution is 2.45. The first-order valence-corrected chi connectivity index (χ1v) is 8.46. The van der Waals surface area contributed by atoms with Crippen LogP contribution in [0.5, 0.6) is 5.75 Å². The molecule has 1 N–H and O–H groups in total. The molecular weight excluding hydrogens is 278 g/mol. The van der Waals surface area contributed by atoms with E-state index in [2.05, 4.69) is 4.98 Å². The van der Waals surface area contributed by atoms with Gasteiger partial charge in [0.25, 0.3) is 0 Å². The van der Waals surface area contributed by atoms with Gasteiger partial charge in [-0.05, 0) is 50.2 Å². The predicted molar refractivity (Wildman–Crippen MR) is 80.7 cm³/mol. The molecule has 3 aliphatic carbocycles. The van der Waals surface area contributed by atoms with Gasteiger partial charge in [-0.3, -0.25) is 14.6 Å². The molecule has 1 aromatic rings. The van der Waals surface area contributed by atoms with Crippen LogP contribution in [0.4, 0.5) is 0 Å². The topological polar surface area (TPSA) is 67.3 Å². The number of hydrogen-bond donors (Lipinski definition) is 1. The Morgan fingerprint density at radius 2 is 1.59 bits per heavy atom. The number of nitrogens with zero attached hydrogens (tertiary/aromatic N) is 1. The number of rotatable bonds is 1. The van der Waals surface area contributed by atoms with Crippen LogP contribution in [0.2, 0.25) is 0 Å². The summed E-state index contributed by atoms with van der Waals surface area (Å²) in [5.74, 6) is -1.07. The van der Waals surface area contributed by atoms with Gasteiger partial charge in [-0.1, -0.05) is 12.8 Å². The lowest BCUT2D eigenvalue weighted by Gasteiger charge is -2.21. The molecule has 0 bridgehead atoms. The summed E-state index contributed by atoms with van der Waals surface area (Å²) in [6, 6.07) is 1.74. The highest BCUT2D eigenvalue weighted by molar-refractivity contribution is 6.16. The Morgan fingerprint density at radius 3 is 2.27 bits per heavy atom. The summed E-state index contributed by atoms with van der Waals surface area (Å²) in [7, 11) is 0. The second-order valence-corrected chi connectivity index (χ2v) is 6.94. The van der Waals surface area contributed by atoms with Crippen molar-refractivity contribution in [3.05, 3.63) is 23.0 Å². The Labute approximate surface area is 129 Å². The van der Waals surface area contributed by atoms with Crippen molar-refractivity contribution < 1.29 is 14.7 Å². The first kappa shape index (κ1) is 13.9. The second kappa shape index (κ2) is 5.18. The van der Waals surface area contributed by atoms with E-state index in [1.165, 1.54) is 0 Å². The molecule has 4 heteroatoms. The van der Waals surface area contributed by atoms with Crippen molar-refractivity contribution in [2.24, 2.45) is 11.8 Å². The van der Waals surface area contributed by atoms with Crippen LogP contribution in [-0.4, -0.2) is 21.7 Å². The van der Waals surface area contributed by atoms with E-state index in [4.69, 9.17) is 0 Å². The summed E-state index contributed by atoms with van der Waals surface area (Å²) in [6.45, 7) is 0. The maximum Gasteiger partial charge on any atom is 0.153 e. The summed E-state index contributed by atoms with van der Waals surface area (Å²) in [4.78, 5) is 30.0. The number of carbonyl (C=O) groups is 2. The van der Waals surface area contributed by atoms with Crippen LogP contribution in [-0.2, 0) is 22.4 Å². The Balaban J connectivity index is 1.75. The highest BCUT2D eigenvalue weighted by Gasteiger charge is 2.51. The number of aryl methyl sites for hydroxylation is 2. The van der Waals surface area contributed by atoms with Gasteiger partial charge < -0.3 is 5.11 Å². The molecule has 4 nitrogen and oxygen atoms in total. The number of ketones is 2. The summed E-state index contributed by atoms with van der Waals surface area (Å²) in [5, 5.41) is 10.3. The predicted octanol–water partition coefficient (Wildman–Crippen LogP) is 2.71. The largest absolute Gasteiger partial charge is 0.506 e. The maximum atomic E-state index is 12.7. The first-order valence-electron chi connectivity index (χ1n) is 8.46. The molecule has 2 saturated carbocycles. The molecule has 3 aliphatic rings. The van der Waals surface area contributed by atoms with Crippen LogP contribution in [0.1, 0.15) is 61.4 Å². The van der Waals surface area contributed by atoms with Crippen molar-refractivity contribution in [2.45, 2.75) is 57.3 Å². The highest BCUT2D eigenvalue weighted by atomic mass is 16.3. The molecule has 4 rings (SSSR count). The van der Waals surface area contributed by atoms with Crippen LogP contribution in [0, 0.1) is 11.8 Å². The molecule has 0 aromatic carbocycles. The van der Waals surface area contributed by atoms with Crippen molar-refractivity contribution in [3.8, 4) is 5.75 Å². The lowest BCUT2D eigenvalue weighted by Crippen LogP contribution is -2.21. The second-order valence-electron chi connectivity index (χ2n) is 6.94. The SMILES string of the molecule is O=C1C(c2nc3c(cc2O)CCCC3)C(=O)C2CCCCC12. The zero-order valence-electron chi connectivity index (χ0n) is 12.7. The molecule has 0 spiro atoms. The van der Waals surface area contributed by atoms with Crippen molar-refractivity contribution in [1.29, 1.82) is 0 Å². The average molecular weight is 299 g/mol. The van der Waals surface area contributed by atoms with Gasteiger partial charge in [0, 0.05) is 17.5 Å². The summed E-state index contributed by atoms with van der Waals surface area (Å²) in [6.07, 6.45) is 7.68. The van der Waals surface area contributed by atoms with Crippen molar-refractivity contribution in [3.63, 3.8) is 0 Å². The molecule has 2 fully saturated rings. The standard InChI is InChI=1S/C18H21NO3/c20-14-9-10-5-1-4-8-13(10)19-16(14)15-17(21)11-6-2-3-7-12(11)18(15)22/h9,11-12,15,20H,1-8H2. The van der Waals surface area contributed by atoms with Gasteiger partial charge in [0.15, 0.2) is 11.6 Å². The number of pyridine rings is 1. The van der Waals surface area contributed by atoms with E-state index in [1.54, 1.807) is 6.07 Å². The Morgan fingerprint density at radius 1 is 0.955 bits per heavy atom. The molecule has 2 atom stereocenters. The van der Waals surface area contributed by atoms with Gasteiger partial charge >= 0.3 is 0 Å². The van der Waals surface area contributed by atoms with Crippen LogP contribution >= 0.6 is 0 Å². The van der Waals surface area contributed by atoms with Gasteiger partial charge in [-0.2, -0.15) is 0 Å². The number of fused-ring (bicyclic) bond motifs is 2. The van der Waals surface area contributed by atoms with Gasteiger partial charge in [-0.15, -0.1) is 0 Å². The van der Waals surface area contributed by atoms with Crippen molar-refractivity contribution in [1.82, 2.24) is 4.98 Å². The van der Waals surface area contributed by atoms with Gasteiger partial charge in [0.05, 0.1) is 0 Å².